The van der Waals surface area contributed by atoms with E-state index in [4.69, 9.17) is 4.74 Å². The van der Waals surface area contributed by atoms with Crippen LogP contribution in [-0.4, -0.2) is 11.5 Å². The second-order valence-corrected chi connectivity index (χ2v) is 8.96. The molecule has 1 atom stereocenters. The van der Waals surface area contributed by atoms with Gasteiger partial charge in [0, 0.05) is 17.5 Å². The Morgan fingerprint density at radius 3 is 2.38 bits per heavy atom. The number of carbonyl (C=O) groups is 1. The summed E-state index contributed by atoms with van der Waals surface area (Å²) in [5.74, 6) is 0.820. The molecule has 138 valence electrons. The van der Waals surface area contributed by atoms with Gasteiger partial charge in [0.05, 0.1) is 6.04 Å². The summed E-state index contributed by atoms with van der Waals surface area (Å²) >= 11 is 0. The smallest absolute Gasteiger partial charge is 0.251 e. The quantitative estimate of drug-likeness (QED) is 0.795. The molecule has 0 spiro atoms. The molecule has 0 aliphatic carbocycles. The molecule has 1 amide bonds. The lowest BCUT2D eigenvalue weighted by Crippen LogP contribution is -2.41. The molecule has 0 fully saturated rings. The molecule has 0 saturated carbocycles. The topological polar surface area (TPSA) is 38.3 Å². The van der Waals surface area contributed by atoms with Crippen molar-refractivity contribution in [3.8, 4) is 5.75 Å². The van der Waals surface area contributed by atoms with E-state index in [2.05, 4.69) is 52.9 Å². The molecule has 0 unspecified atom stereocenters. The number of nitrogens with one attached hydrogen (secondary N) is 1. The van der Waals surface area contributed by atoms with Gasteiger partial charge < -0.3 is 10.1 Å². The van der Waals surface area contributed by atoms with Crippen LogP contribution in [-0.2, 0) is 5.41 Å². The summed E-state index contributed by atoms with van der Waals surface area (Å²) in [7, 11) is 0. The zero-order valence-corrected chi connectivity index (χ0v) is 16.6. The number of aryl methyl sites for hydroxylation is 1. The Hall–Kier alpha value is -2.29. The van der Waals surface area contributed by atoms with E-state index in [1.807, 2.05) is 36.4 Å². The van der Waals surface area contributed by atoms with Gasteiger partial charge in [0.15, 0.2) is 0 Å². The summed E-state index contributed by atoms with van der Waals surface area (Å²) < 4.78 is 6.09. The minimum Gasteiger partial charge on any atom is -0.487 e. The minimum atomic E-state index is -0.309. The van der Waals surface area contributed by atoms with Crippen molar-refractivity contribution in [3.63, 3.8) is 0 Å². The fourth-order valence-electron chi connectivity index (χ4n) is 3.47. The number of amides is 1. The number of carbonyl (C=O) groups excluding carboxylic acids is 1. The van der Waals surface area contributed by atoms with E-state index in [9.17, 15) is 4.79 Å². The van der Waals surface area contributed by atoms with E-state index in [0.717, 1.165) is 17.7 Å². The van der Waals surface area contributed by atoms with Crippen molar-refractivity contribution in [3.05, 3.63) is 64.7 Å². The summed E-state index contributed by atoms with van der Waals surface area (Å²) in [5, 5.41) is 3.21. The normalized spacial score (nSPS) is 18.6. The second kappa shape index (κ2) is 6.46. The van der Waals surface area contributed by atoms with E-state index in [0.29, 0.717) is 5.56 Å². The van der Waals surface area contributed by atoms with Crippen LogP contribution in [0, 0.1) is 6.92 Å². The first-order valence-electron chi connectivity index (χ1n) is 9.26. The Morgan fingerprint density at radius 1 is 1.12 bits per heavy atom. The molecule has 0 bridgehead atoms. The molecule has 0 aromatic heterocycles. The number of ether oxygens (including phenoxy) is 1. The van der Waals surface area contributed by atoms with Gasteiger partial charge in [0.1, 0.15) is 11.4 Å². The van der Waals surface area contributed by atoms with Crippen LogP contribution >= 0.6 is 0 Å². The Kier molecular flexibility index (Phi) is 4.60. The maximum Gasteiger partial charge on any atom is 0.251 e. The van der Waals surface area contributed by atoms with Crippen molar-refractivity contribution >= 4 is 5.91 Å². The highest BCUT2D eigenvalue weighted by atomic mass is 16.5. The maximum absolute atomic E-state index is 12.8. The average molecular weight is 351 g/mol. The first kappa shape index (κ1) is 18.5. The van der Waals surface area contributed by atoms with E-state index in [1.165, 1.54) is 11.1 Å². The Bertz CT molecular complexity index is 813. The van der Waals surface area contributed by atoms with Gasteiger partial charge in [-0.3, -0.25) is 4.79 Å². The average Bonchev–Trinajstić information content (AvgIpc) is 2.54. The first-order chi connectivity index (χ1) is 12.0. The molecule has 3 nitrogen and oxygen atoms in total. The summed E-state index contributed by atoms with van der Waals surface area (Å²) in [4.78, 5) is 12.8. The molecule has 1 aliphatic rings. The van der Waals surface area contributed by atoms with E-state index in [1.54, 1.807) is 0 Å². The second-order valence-electron chi connectivity index (χ2n) is 8.96. The van der Waals surface area contributed by atoms with Gasteiger partial charge in [-0.1, -0.05) is 50.6 Å². The Balaban J connectivity index is 1.84. The van der Waals surface area contributed by atoms with Gasteiger partial charge in [-0.2, -0.15) is 0 Å². The van der Waals surface area contributed by atoms with Crippen LogP contribution in [0.5, 0.6) is 5.75 Å². The molecule has 0 radical (unpaired) electrons. The lowest BCUT2D eigenvalue weighted by atomic mass is 9.86. The molecule has 2 aromatic carbocycles. The third kappa shape index (κ3) is 3.92. The van der Waals surface area contributed by atoms with Gasteiger partial charge in [-0.15, -0.1) is 0 Å². The first-order valence-corrected chi connectivity index (χ1v) is 9.26. The summed E-state index contributed by atoms with van der Waals surface area (Å²) in [5.41, 5.74) is 3.91. The molecule has 1 aliphatic heterocycles. The fourth-order valence-corrected chi connectivity index (χ4v) is 3.47. The zero-order chi connectivity index (χ0) is 19.1. The maximum atomic E-state index is 12.8. The van der Waals surface area contributed by atoms with E-state index < -0.39 is 0 Å². The van der Waals surface area contributed by atoms with Crippen LogP contribution in [0.3, 0.4) is 0 Å². The number of hydrogen-bond acceptors (Lipinski definition) is 2. The lowest BCUT2D eigenvalue weighted by molar-refractivity contribution is 0.0619. The highest BCUT2D eigenvalue weighted by Crippen LogP contribution is 2.40. The zero-order valence-electron chi connectivity index (χ0n) is 16.6. The fraction of sp³-hybridized carbons (Fsp3) is 0.435. The van der Waals surface area contributed by atoms with Gasteiger partial charge in [0.25, 0.3) is 5.91 Å². The SMILES string of the molecule is Cc1ccc2c(c1)[C@@H](NC(=O)c1ccc(C(C)(C)C)cc1)CC(C)(C)O2. The van der Waals surface area contributed by atoms with Crippen molar-refractivity contribution in [2.75, 3.05) is 0 Å². The van der Waals surface area contributed by atoms with Gasteiger partial charge in [0.2, 0.25) is 0 Å². The van der Waals surface area contributed by atoms with Gasteiger partial charge >= 0.3 is 0 Å². The predicted octanol–water partition coefficient (Wildman–Crippen LogP) is 5.32. The monoisotopic (exact) mass is 351 g/mol. The van der Waals surface area contributed by atoms with Crippen LogP contribution in [0.1, 0.15) is 74.1 Å². The van der Waals surface area contributed by atoms with Crippen molar-refractivity contribution in [1.29, 1.82) is 0 Å². The predicted molar refractivity (Wildman–Crippen MR) is 106 cm³/mol. The van der Waals surface area contributed by atoms with Gasteiger partial charge in [-0.05, 0) is 49.9 Å². The van der Waals surface area contributed by atoms with Crippen LogP contribution in [0.25, 0.3) is 0 Å². The Labute approximate surface area is 156 Å². The molecule has 1 heterocycles. The van der Waals surface area contributed by atoms with E-state index in [-0.39, 0.29) is 23.0 Å². The van der Waals surface area contributed by atoms with Crippen LogP contribution < -0.4 is 10.1 Å². The van der Waals surface area contributed by atoms with Gasteiger partial charge in [-0.25, -0.2) is 0 Å². The molecule has 2 aromatic rings. The largest absolute Gasteiger partial charge is 0.487 e. The molecular weight excluding hydrogens is 322 g/mol. The summed E-state index contributed by atoms with van der Waals surface area (Å²) in [6.45, 7) is 12.7. The molecule has 0 saturated heterocycles. The van der Waals surface area contributed by atoms with Crippen molar-refractivity contribution in [2.24, 2.45) is 0 Å². The number of fused-ring (bicyclic) bond motifs is 1. The number of hydrogen-bond donors (Lipinski definition) is 1. The third-order valence-corrected chi connectivity index (χ3v) is 4.94. The standard InChI is InChI=1S/C23H29NO2/c1-15-7-12-20-18(13-15)19(14-23(5,6)26-20)24-21(25)16-8-10-17(11-9-16)22(2,3)4/h7-13,19H,14H2,1-6H3,(H,24,25)/t19-/m0/s1. The number of rotatable bonds is 2. The molecule has 3 heteroatoms. The summed E-state index contributed by atoms with van der Waals surface area (Å²) in [6, 6.07) is 14.0. The van der Waals surface area contributed by atoms with Crippen molar-refractivity contribution < 1.29 is 9.53 Å². The van der Waals surface area contributed by atoms with Crippen LogP contribution in [0.4, 0.5) is 0 Å². The molecule has 1 N–H and O–H groups in total. The molecular formula is C23H29NO2. The molecule has 3 rings (SSSR count). The number of benzene rings is 2. The van der Waals surface area contributed by atoms with E-state index >= 15 is 0 Å². The van der Waals surface area contributed by atoms with Crippen LogP contribution in [0.2, 0.25) is 0 Å². The van der Waals surface area contributed by atoms with Crippen molar-refractivity contribution in [1.82, 2.24) is 5.32 Å². The highest BCUT2D eigenvalue weighted by molar-refractivity contribution is 5.94. The third-order valence-electron chi connectivity index (χ3n) is 4.94. The summed E-state index contributed by atoms with van der Waals surface area (Å²) in [6.07, 6.45) is 0.745. The minimum absolute atomic E-state index is 0.0411. The Morgan fingerprint density at radius 2 is 1.77 bits per heavy atom. The van der Waals surface area contributed by atoms with Crippen LogP contribution in [0.15, 0.2) is 42.5 Å². The highest BCUT2D eigenvalue weighted by Gasteiger charge is 2.34. The van der Waals surface area contributed by atoms with Crippen molar-refractivity contribution in [2.45, 2.75) is 65.0 Å². The molecule has 26 heavy (non-hydrogen) atoms. The lowest BCUT2D eigenvalue weighted by Gasteiger charge is -2.38.